The van der Waals surface area contributed by atoms with Crippen molar-refractivity contribution in [1.29, 1.82) is 0 Å². The molecule has 4 heteroatoms. The lowest BCUT2D eigenvalue weighted by Gasteiger charge is -2.06. The highest BCUT2D eigenvalue weighted by atomic mass is 127. The summed E-state index contributed by atoms with van der Waals surface area (Å²) in [5.41, 5.74) is 0.862. The Hall–Kier alpha value is -0.650. The number of aromatic nitrogens is 1. The highest BCUT2D eigenvalue weighted by Gasteiger charge is 2.24. The number of aliphatic imine (C=N–C) groups is 1. The Morgan fingerprint density at radius 3 is 2.93 bits per heavy atom. The van der Waals surface area contributed by atoms with Crippen molar-refractivity contribution < 1.29 is 4.74 Å². The predicted molar refractivity (Wildman–Crippen MR) is 68.1 cm³/mol. The first-order valence-corrected chi connectivity index (χ1v) is 6.08. The summed E-state index contributed by atoms with van der Waals surface area (Å²) in [7, 11) is 0. The molecule has 1 aromatic rings. The molecule has 0 bridgehead atoms. The van der Waals surface area contributed by atoms with Crippen molar-refractivity contribution in [3.63, 3.8) is 0 Å². The molecule has 0 aliphatic carbocycles. The third-order valence-electron chi connectivity index (χ3n) is 2.40. The summed E-state index contributed by atoms with van der Waals surface area (Å²) in [6, 6.07) is 4.20. The molecule has 1 aliphatic rings. The quantitative estimate of drug-likeness (QED) is 0.786. The largest absolute Gasteiger partial charge is 0.474 e. The molecule has 2 rings (SSSR count). The van der Waals surface area contributed by atoms with Crippen molar-refractivity contribution >= 4 is 28.5 Å². The van der Waals surface area contributed by atoms with Gasteiger partial charge in [-0.15, -0.1) is 0 Å². The average Bonchev–Trinajstić information content (AvgIpc) is 2.67. The molecular formula is C11H13IN2O. The van der Waals surface area contributed by atoms with Gasteiger partial charge >= 0.3 is 0 Å². The Kier molecular flexibility index (Phi) is 3.23. The van der Waals surface area contributed by atoms with Gasteiger partial charge in [0, 0.05) is 9.77 Å². The van der Waals surface area contributed by atoms with Crippen molar-refractivity contribution in [2.75, 3.05) is 6.61 Å². The topological polar surface area (TPSA) is 34.5 Å². The molecule has 0 radical (unpaired) electrons. The fraction of sp³-hybridized carbons (Fsp3) is 0.455. The maximum atomic E-state index is 5.58. The van der Waals surface area contributed by atoms with E-state index in [0.717, 1.165) is 9.26 Å². The fourth-order valence-electron chi connectivity index (χ4n) is 1.40. The summed E-state index contributed by atoms with van der Waals surface area (Å²) in [4.78, 5) is 8.84. The van der Waals surface area contributed by atoms with Crippen LogP contribution in [0.25, 0.3) is 0 Å². The molecule has 0 saturated carbocycles. The molecule has 0 saturated heterocycles. The van der Waals surface area contributed by atoms with Gasteiger partial charge in [0.1, 0.15) is 12.3 Å². The van der Waals surface area contributed by atoms with Crippen LogP contribution in [0.4, 0.5) is 0 Å². The van der Waals surface area contributed by atoms with Crippen LogP contribution in [0.15, 0.2) is 23.3 Å². The first-order chi connectivity index (χ1) is 7.18. The van der Waals surface area contributed by atoms with Crippen LogP contribution in [0.5, 0.6) is 0 Å². The van der Waals surface area contributed by atoms with Crippen LogP contribution in [0.1, 0.15) is 19.5 Å². The number of ether oxygens (including phenoxy) is 1. The van der Waals surface area contributed by atoms with Crippen molar-refractivity contribution in [3.8, 4) is 0 Å². The molecule has 0 N–H and O–H groups in total. The molecule has 3 nitrogen and oxygen atoms in total. The number of rotatable bonds is 2. The molecule has 1 aliphatic heterocycles. The zero-order chi connectivity index (χ0) is 10.8. The second-order valence-corrected chi connectivity index (χ2v) is 5.05. The van der Waals surface area contributed by atoms with Crippen LogP contribution in [0, 0.1) is 9.49 Å². The molecule has 1 atom stereocenters. The third-order valence-corrected chi connectivity index (χ3v) is 3.27. The van der Waals surface area contributed by atoms with Gasteiger partial charge in [0.2, 0.25) is 5.90 Å². The van der Waals surface area contributed by atoms with E-state index in [-0.39, 0.29) is 6.04 Å². The number of pyridine rings is 1. The number of hydrogen-bond donors (Lipinski definition) is 0. The van der Waals surface area contributed by atoms with Crippen LogP contribution in [0.3, 0.4) is 0 Å². The zero-order valence-corrected chi connectivity index (χ0v) is 10.9. The summed E-state index contributed by atoms with van der Waals surface area (Å²) < 4.78 is 6.66. The highest BCUT2D eigenvalue weighted by molar-refractivity contribution is 14.1. The van der Waals surface area contributed by atoms with Crippen LogP contribution < -0.4 is 0 Å². The SMILES string of the molecule is CC(C)[C@@H]1COC(c2ncccc2I)=N1. The molecule has 1 aromatic heterocycles. The summed E-state index contributed by atoms with van der Waals surface area (Å²) >= 11 is 2.25. The summed E-state index contributed by atoms with van der Waals surface area (Å²) in [5, 5.41) is 0. The van der Waals surface area contributed by atoms with E-state index in [1.165, 1.54) is 0 Å². The van der Waals surface area contributed by atoms with Gasteiger partial charge in [0.15, 0.2) is 0 Å². The Morgan fingerprint density at radius 2 is 2.33 bits per heavy atom. The van der Waals surface area contributed by atoms with E-state index in [9.17, 15) is 0 Å². The van der Waals surface area contributed by atoms with E-state index in [2.05, 4.69) is 46.4 Å². The molecule has 15 heavy (non-hydrogen) atoms. The molecule has 0 unspecified atom stereocenters. The minimum Gasteiger partial charge on any atom is -0.474 e. The zero-order valence-electron chi connectivity index (χ0n) is 8.77. The van der Waals surface area contributed by atoms with E-state index in [1.54, 1.807) is 6.20 Å². The standard InChI is InChI=1S/C11H13IN2O/c1-7(2)9-6-15-11(14-9)10-8(12)4-3-5-13-10/h3-5,7,9H,6H2,1-2H3/t9-/m0/s1. The maximum Gasteiger partial charge on any atom is 0.236 e. The molecular weight excluding hydrogens is 303 g/mol. The molecule has 0 aromatic carbocycles. The van der Waals surface area contributed by atoms with E-state index in [0.29, 0.717) is 18.4 Å². The van der Waals surface area contributed by atoms with Crippen LogP contribution in [-0.2, 0) is 4.74 Å². The number of hydrogen-bond acceptors (Lipinski definition) is 3. The van der Waals surface area contributed by atoms with Crippen LogP contribution >= 0.6 is 22.6 Å². The third kappa shape index (κ3) is 2.30. The number of nitrogens with zero attached hydrogens (tertiary/aromatic N) is 2. The van der Waals surface area contributed by atoms with Gasteiger partial charge < -0.3 is 4.74 Å². The second kappa shape index (κ2) is 4.47. The first-order valence-electron chi connectivity index (χ1n) is 5.00. The monoisotopic (exact) mass is 316 g/mol. The van der Waals surface area contributed by atoms with E-state index < -0.39 is 0 Å². The maximum absolute atomic E-state index is 5.58. The Morgan fingerprint density at radius 1 is 1.53 bits per heavy atom. The fourth-order valence-corrected chi connectivity index (χ4v) is 1.98. The molecule has 80 valence electrons. The summed E-state index contributed by atoms with van der Waals surface area (Å²) in [6.45, 7) is 4.99. The molecule has 2 heterocycles. The smallest absolute Gasteiger partial charge is 0.236 e. The first kappa shape index (κ1) is 10.9. The minimum atomic E-state index is 0.276. The minimum absolute atomic E-state index is 0.276. The lowest BCUT2D eigenvalue weighted by atomic mass is 10.1. The molecule has 0 spiro atoms. The highest BCUT2D eigenvalue weighted by Crippen LogP contribution is 2.19. The normalized spacial score (nSPS) is 20.3. The lowest BCUT2D eigenvalue weighted by Crippen LogP contribution is -2.13. The number of halogens is 1. The van der Waals surface area contributed by atoms with Gasteiger partial charge in [-0.3, -0.25) is 4.98 Å². The van der Waals surface area contributed by atoms with Crippen molar-refractivity contribution in [1.82, 2.24) is 4.98 Å². The molecule has 0 fully saturated rings. The van der Waals surface area contributed by atoms with Gasteiger partial charge in [-0.2, -0.15) is 0 Å². The van der Waals surface area contributed by atoms with Gasteiger partial charge in [-0.05, 0) is 40.6 Å². The Bertz CT molecular complexity index is 390. The van der Waals surface area contributed by atoms with Gasteiger partial charge in [-0.25, -0.2) is 4.99 Å². The van der Waals surface area contributed by atoms with Gasteiger partial charge in [0.05, 0.1) is 6.04 Å². The Balaban J connectivity index is 2.27. The van der Waals surface area contributed by atoms with Crippen molar-refractivity contribution in [2.24, 2.45) is 10.9 Å². The second-order valence-electron chi connectivity index (χ2n) is 3.89. The van der Waals surface area contributed by atoms with Gasteiger partial charge in [-0.1, -0.05) is 13.8 Å². The lowest BCUT2D eigenvalue weighted by molar-refractivity contribution is 0.291. The predicted octanol–water partition coefficient (Wildman–Crippen LogP) is 2.49. The van der Waals surface area contributed by atoms with E-state index >= 15 is 0 Å². The van der Waals surface area contributed by atoms with Crippen LogP contribution in [-0.4, -0.2) is 23.5 Å². The van der Waals surface area contributed by atoms with Crippen molar-refractivity contribution in [2.45, 2.75) is 19.9 Å². The molecule has 0 amide bonds. The van der Waals surface area contributed by atoms with Gasteiger partial charge in [0.25, 0.3) is 0 Å². The van der Waals surface area contributed by atoms with Crippen LogP contribution in [0.2, 0.25) is 0 Å². The van der Waals surface area contributed by atoms with Crippen molar-refractivity contribution in [3.05, 3.63) is 27.6 Å². The van der Waals surface area contributed by atoms with E-state index in [1.807, 2.05) is 12.1 Å². The van der Waals surface area contributed by atoms with E-state index in [4.69, 9.17) is 4.74 Å². The average molecular weight is 316 g/mol. The summed E-state index contributed by atoms with van der Waals surface area (Å²) in [5.74, 6) is 1.21. The summed E-state index contributed by atoms with van der Waals surface area (Å²) in [6.07, 6.45) is 1.77. The Labute approximate surface area is 103 Å².